The molecule has 1 aliphatic carbocycles. The number of nitrogens with one attached hydrogen (secondary N) is 2. The second-order valence-corrected chi connectivity index (χ2v) is 11.1. The van der Waals surface area contributed by atoms with E-state index in [-0.39, 0.29) is 12.3 Å². The first kappa shape index (κ1) is 27.4. The summed E-state index contributed by atoms with van der Waals surface area (Å²) in [5.74, 6) is -1.63. The fourth-order valence-corrected chi connectivity index (χ4v) is 5.63. The number of hydrogen-bond donors (Lipinski definition) is 2. The molecule has 0 bridgehead atoms. The van der Waals surface area contributed by atoms with E-state index in [1.807, 2.05) is 6.07 Å². The second-order valence-electron chi connectivity index (χ2n) is 8.38. The molecule has 0 radical (unpaired) electrons. The summed E-state index contributed by atoms with van der Waals surface area (Å²) in [6.45, 7) is 0. The molecule has 2 N–H and O–H groups in total. The van der Waals surface area contributed by atoms with Crippen molar-refractivity contribution in [3.63, 3.8) is 0 Å². The summed E-state index contributed by atoms with van der Waals surface area (Å²) in [5.41, 5.74) is 2.39. The molecule has 0 spiro atoms. The molecular formula is C26H18Cl5N3O3. The largest absolute Gasteiger partial charge is 0.495 e. The van der Waals surface area contributed by atoms with Crippen molar-refractivity contribution in [1.29, 1.82) is 5.26 Å². The SMILES string of the molecule is COc1cc(NC(=O)Cc2cc(NC(=O)C3C(c4cc(Cl)cc(Cl)c4)C3(Cl)Cl)ccc2Cl)ccc1C#N. The van der Waals surface area contributed by atoms with Crippen LogP contribution in [-0.2, 0) is 16.0 Å². The molecule has 0 saturated heterocycles. The number of amides is 2. The quantitative estimate of drug-likeness (QED) is 0.281. The van der Waals surface area contributed by atoms with E-state index >= 15 is 0 Å². The minimum atomic E-state index is -1.32. The smallest absolute Gasteiger partial charge is 0.231 e. The van der Waals surface area contributed by atoms with Gasteiger partial charge in [-0.3, -0.25) is 9.59 Å². The van der Waals surface area contributed by atoms with Gasteiger partial charge in [-0.05, 0) is 59.7 Å². The van der Waals surface area contributed by atoms with Gasteiger partial charge in [0.1, 0.15) is 16.2 Å². The van der Waals surface area contributed by atoms with Gasteiger partial charge >= 0.3 is 0 Å². The summed E-state index contributed by atoms with van der Waals surface area (Å²) in [4.78, 5) is 25.7. The third kappa shape index (κ3) is 6.09. The van der Waals surface area contributed by atoms with E-state index in [9.17, 15) is 9.59 Å². The molecule has 2 unspecified atom stereocenters. The van der Waals surface area contributed by atoms with Crippen molar-refractivity contribution in [2.24, 2.45) is 5.92 Å². The zero-order chi connectivity index (χ0) is 26.9. The molecular weight excluding hydrogens is 580 g/mol. The third-order valence-corrected chi connectivity index (χ3v) is 7.60. The van der Waals surface area contributed by atoms with Crippen LogP contribution in [0.25, 0.3) is 0 Å². The molecule has 0 aliphatic heterocycles. The van der Waals surface area contributed by atoms with Crippen LogP contribution >= 0.6 is 58.0 Å². The molecule has 11 heteroatoms. The van der Waals surface area contributed by atoms with E-state index in [0.717, 1.165) is 0 Å². The number of benzene rings is 3. The average molecular weight is 598 g/mol. The predicted octanol–water partition coefficient (Wildman–Crippen LogP) is 7.23. The Morgan fingerprint density at radius 3 is 2.27 bits per heavy atom. The van der Waals surface area contributed by atoms with Gasteiger partial charge in [-0.25, -0.2) is 0 Å². The van der Waals surface area contributed by atoms with E-state index in [1.54, 1.807) is 54.6 Å². The lowest BCUT2D eigenvalue weighted by Crippen LogP contribution is -2.18. The highest BCUT2D eigenvalue weighted by Crippen LogP contribution is 2.65. The van der Waals surface area contributed by atoms with Gasteiger partial charge in [-0.15, -0.1) is 23.2 Å². The highest BCUT2D eigenvalue weighted by molar-refractivity contribution is 6.53. The Kier molecular flexibility index (Phi) is 8.13. The molecule has 2 amide bonds. The second kappa shape index (κ2) is 11.0. The number of nitrogens with zero attached hydrogens (tertiary/aromatic N) is 1. The van der Waals surface area contributed by atoms with E-state index in [4.69, 9.17) is 68.0 Å². The van der Waals surface area contributed by atoms with E-state index in [2.05, 4.69) is 10.6 Å². The van der Waals surface area contributed by atoms with Gasteiger partial charge in [0.15, 0.2) is 0 Å². The van der Waals surface area contributed by atoms with Crippen molar-refractivity contribution in [2.45, 2.75) is 16.7 Å². The third-order valence-electron chi connectivity index (χ3n) is 5.85. The molecule has 2 atom stereocenters. The number of carbonyl (C=O) groups excluding carboxylic acids is 2. The zero-order valence-electron chi connectivity index (χ0n) is 19.1. The summed E-state index contributed by atoms with van der Waals surface area (Å²) in [6.07, 6.45) is -0.0626. The summed E-state index contributed by atoms with van der Waals surface area (Å²) < 4.78 is 3.84. The van der Waals surface area contributed by atoms with Gasteiger partial charge in [-0.1, -0.05) is 34.8 Å². The molecule has 0 heterocycles. The van der Waals surface area contributed by atoms with E-state index < -0.39 is 22.1 Å². The van der Waals surface area contributed by atoms with Crippen molar-refractivity contribution in [3.05, 3.63) is 86.4 Å². The molecule has 6 nitrogen and oxygen atoms in total. The van der Waals surface area contributed by atoms with Gasteiger partial charge in [0.25, 0.3) is 0 Å². The number of anilines is 2. The van der Waals surface area contributed by atoms with Crippen molar-refractivity contribution < 1.29 is 14.3 Å². The summed E-state index contributed by atoms with van der Waals surface area (Å²) in [5, 5.41) is 15.8. The number of halogens is 5. The highest BCUT2D eigenvalue weighted by Gasteiger charge is 2.67. The molecule has 1 fully saturated rings. The van der Waals surface area contributed by atoms with E-state index in [1.165, 1.54) is 7.11 Å². The van der Waals surface area contributed by atoms with E-state index in [0.29, 0.717) is 48.9 Å². The summed E-state index contributed by atoms with van der Waals surface area (Å²) >= 11 is 31.4. The topological polar surface area (TPSA) is 91.2 Å². The monoisotopic (exact) mass is 595 g/mol. The van der Waals surface area contributed by atoms with Gasteiger partial charge in [0, 0.05) is 38.4 Å². The van der Waals surface area contributed by atoms with Crippen LogP contribution in [0.5, 0.6) is 5.75 Å². The maximum absolute atomic E-state index is 13.0. The first-order valence-electron chi connectivity index (χ1n) is 10.8. The van der Waals surface area contributed by atoms with Crippen molar-refractivity contribution in [1.82, 2.24) is 0 Å². The number of ether oxygens (including phenoxy) is 1. The molecule has 190 valence electrons. The molecule has 1 aliphatic rings. The Hall–Kier alpha value is -2.66. The Balaban J connectivity index is 1.45. The lowest BCUT2D eigenvalue weighted by atomic mass is 10.1. The number of rotatable bonds is 7. The molecule has 4 rings (SSSR count). The number of nitriles is 1. The van der Waals surface area contributed by atoms with Crippen LogP contribution in [0.4, 0.5) is 11.4 Å². The maximum Gasteiger partial charge on any atom is 0.231 e. The lowest BCUT2D eigenvalue weighted by molar-refractivity contribution is -0.117. The van der Waals surface area contributed by atoms with Crippen LogP contribution < -0.4 is 15.4 Å². The molecule has 1 saturated carbocycles. The first-order chi connectivity index (χ1) is 17.5. The summed E-state index contributed by atoms with van der Waals surface area (Å²) in [6, 6.07) is 16.5. The van der Waals surface area contributed by atoms with Crippen LogP contribution in [0.3, 0.4) is 0 Å². The van der Waals surface area contributed by atoms with Crippen molar-refractivity contribution in [3.8, 4) is 11.8 Å². The average Bonchev–Trinajstić information content (AvgIpc) is 3.42. The van der Waals surface area contributed by atoms with Crippen LogP contribution in [0.1, 0.15) is 22.6 Å². The van der Waals surface area contributed by atoms with Crippen molar-refractivity contribution >= 4 is 81.2 Å². The fraction of sp³-hybridized carbons (Fsp3) is 0.192. The zero-order valence-corrected chi connectivity index (χ0v) is 22.9. The van der Waals surface area contributed by atoms with Crippen LogP contribution in [0.2, 0.25) is 15.1 Å². The van der Waals surface area contributed by atoms with Crippen LogP contribution in [0, 0.1) is 17.2 Å². The van der Waals surface area contributed by atoms with Gasteiger partial charge in [0.2, 0.25) is 11.8 Å². The normalized spacial score (nSPS) is 17.4. The molecule has 0 aromatic heterocycles. The van der Waals surface area contributed by atoms with Crippen molar-refractivity contribution in [2.75, 3.05) is 17.7 Å². The lowest BCUT2D eigenvalue weighted by Gasteiger charge is -2.11. The predicted molar refractivity (Wildman–Crippen MR) is 147 cm³/mol. The number of carbonyl (C=O) groups is 2. The molecule has 3 aromatic carbocycles. The van der Waals surface area contributed by atoms with Gasteiger partial charge < -0.3 is 15.4 Å². The Morgan fingerprint density at radius 2 is 1.62 bits per heavy atom. The fourth-order valence-electron chi connectivity index (χ4n) is 4.07. The maximum atomic E-state index is 13.0. The highest BCUT2D eigenvalue weighted by atomic mass is 35.5. The van der Waals surface area contributed by atoms with Gasteiger partial charge in [0.05, 0.1) is 25.0 Å². The summed E-state index contributed by atoms with van der Waals surface area (Å²) in [7, 11) is 1.44. The minimum Gasteiger partial charge on any atom is -0.495 e. The standard InChI is InChI=1S/C26H18Cl5N3O3/c1-37-21-11-19(3-2-13(21)12-32)33-22(35)9-14-8-18(4-5-20(14)29)34-25(36)24-23(26(24,30)31)15-6-16(27)10-17(28)7-15/h2-8,10-11,23-24H,9H2,1H3,(H,33,35)(H,34,36). The molecule has 37 heavy (non-hydrogen) atoms. The Bertz CT molecular complexity index is 1420. The minimum absolute atomic E-state index is 0.0626. The van der Waals surface area contributed by atoms with Crippen LogP contribution in [-0.4, -0.2) is 23.3 Å². The first-order valence-corrected chi connectivity index (χ1v) is 12.7. The van der Waals surface area contributed by atoms with Crippen LogP contribution in [0.15, 0.2) is 54.6 Å². The Morgan fingerprint density at radius 1 is 0.973 bits per heavy atom. The Labute approximate surface area is 238 Å². The number of methoxy groups -OCH3 is 1. The van der Waals surface area contributed by atoms with Gasteiger partial charge in [-0.2, -0.15) is 5.26 Å². The number of alkyl halides is 2. The molecule has 3 aromatic rings. The number of hydrogen-bond acceptors (Lipinski definition) is 4.